The Hall–Kier alpha value is -1.19. The van der Waals surface area contributed by atoms with Gasteiger partial charge in [-0.25, -0.2) is 4.68 Å². The van der Waals surface area contributed by atoms with Gasteiger partial charge in [0.25, 0.3) is 0 Å². The molecule has 2 aromatic rings. The summed E-state index contributed by atoms with van der Waals surface area (Å²) >= 11 is 12.4. The van der Waals surface area contributed by atoms with Gasteiger partial charge in [-0.1, -0.05) is 36.0 Å². The van der Waals surface area contributed by atoms with E-state index in [1.807, 2.05) is 16.8 Å². The van der Waals surface area contributed by atoms with E-state index in [-0.39, 0.29) is 0 Å². The molecular weight excluding hydrogens is 305 g/mol. The maximum absolute atomic E-state index is 6.36. The van der Waals surface area contributed by atoms with Crippen LogP contribution >= 0.6 is 23.2 Å². The first-order chi connectivity index (χ1) is 10.2. The third-order valence-electron chi connectivity index (χ3n) is 4.56. The summed E-state index contributed by atoms with van der Waals surface area (Å²) in [6.45, 7) is 0.984. The van der Waals surface area contributed by atoms with E-state index < -0.39 is 0 Å². The van der Waals surface area contributed by atoms with Crippen LogP contribution < -0.4 is 5.32 Å². The highest BCUT2D eigenvalue weighted by Gasteiger charge is 2.29. The summed E-state index contributed by atoms with van der Waals surface area (Å²) in [5, 5.41) is 9.65. The lowest BCUT2D eigenvalue weighted by molar-refractivity contribution is 0.670. The number of nitrogens with one attached hydrogen (secondary N) is 1. The summed E-state index contributed by atoms with van der Waals surface area (Å²) in [6, 6.07) is 5.58. The molecular formula is C16H17Cl2N3. The van der Waals surface area contributed by atoms with Crippen LogP contribution in [0.4, 0.5) is 5.82 Å². The van der Waals surface area contributed by atoms with E-state index >= 15 is 0 Å². The topological polar surface area (TPSA) is 29.9 Å². The maximum atomic E-state index is 6.36. The highest BCUT2D eigenvalue weighted by atomic mass is 35.5. The number of hydrogen-bond acceptors (Lipinski definition) is 2. The normalized spacial score (nSPS) is 18.0. The minimum atomic E-state index is 0.617. The van der Waals surface area contributed by atoms with Crippen LogP contribution in [-0.4, -0.2) is 16.3 Å². The Balaban J connectivity index is 1.84. The van der Waals surface area contributed by atoms with Crippen LogP contribution in [0.15, 0.2) is 18.2 Å². The number of hydrogen-bond donors (Lipinski definition) is 1. The molecule has 0 spiro atoms. The fraction of sp³-hybridized carbons (Fsp3) is 0.438. The number of halogens is 2. The Morgan fingerprint density at radius 2 is 2.00 bits per heavy atom. The van der Waals surface area contributed by atoms with Gasteiger partial charge in [0.2, 0.25) is 0 Å². The minimum absolute atomic E-state index is 0.617. The summed E-state index contributed by atoms with van der Waals surface area (Å²) in [7, 11) is 0. The van der Waals surface area contributed by atoms with Crippen LogP contribution in [0.1, 0.15) is 42.9 Å². The largest absolute Gasteiger partial charge is 0.369 e. The highest BCUT2D eigenvalue weighted by molar-refractivity contribution is 6.35. The van der Waals surface area contributed by atoms with Crippen molar-refractivity contribution in [1.82, 2.24) is 9.78 Å². The van der Waals surface area contributed by atoms with Gasteiger partial charge in [-0.15, -0.1) is 0 Å². The van der Waals surface area contributed by atoms with Crippen molar-refractivity contribution in [1.29, 1.82) is 0 Å². The van der Waals surface area contributed by atoms with Gasteiger partial charge < -0.3 is 5.32 Å². The van der Waals surface area contributed by atoms with Gasteiger partial charge in [0.05, 0.1) is 16.4 Å². The number of benzene rings is 1. The van der Waals surface area contributed by atoms with Gasteiger partial charge in [0.1, 0.15) is 5.82 Å². The average molecular weight is 322 g/mol. The average Bonchev–Trinajstić information content (AvgIpc) is 3.15. The molecule has 5 heteroatoms. The number of aromatic nitrogens is 2. The molecule has 1 N–H and O–H groups in total. The van der Waals surface area contributed by atoms with Gasteiger partial charge >= 0.3 is 0 Å². The molecule has 0 radical (unpaired) electrons. The van der Waals surface area contributed by atoms with Crippen molar-refractivity contribution in [3.05, 3.63) is 39.5 Å². The molecule has 2 aliphatic rings. The molecule has 1 aromatic carbocycles. The molecule has 0 saturated heterocycles. The molecule has 3 nitrogen and oxygen atoms in total. The van der Waals surface area contributed by atoms with Crippen LogP contribution in [-0.2, 0) is 6.42 Å². The zero-order chi connectivity index (χ0) is 14.4. The van der Waals surface area contributed by atoms with Gasteiger partial charge in [0.15, 0.2) is 0 Å². The molecule has 110 valence electrons. The third-order valence-corrected chi connectivity index (χ3v) is 5.10. The lowest BCUT2D eigenvalue weighted by Gasteiger charge is -2.09. The summed E-state index contributed by atoms with van der Waals surface area (Å²) in [6.07, 6.45) is 6.23. The van der Waals surface area contributed by atoms with E-state index in [9.17, 15) is 0 Å². The Morgan fingerprint density at radius 1 is 1.19 bits per heavy atom. The molecule has 0 amide bonds. The van der Waals surface area contributed by atoms with E-state index in [0.717, 1.165) is 24.5 Å². The number of nitrogens with zero attached hydrogens (tertiary/aromatic N) is 2. The number of rotatable bonds is 2. The van der Waals surface area contributed by atoms with Crippen LogP contribution in [0, 0.1) is 0 Å². The van der Waals surface area contributed by atoms with E-state index in [1.165, 1.54) is 36.9 Å². The summed E-state index contributed by atoms with van der Waals surface area (Å²) in [5.74, 6) is 1.73. The van der Waals surface area contributed by atoms with Crippen LogP contribution in [0.5, 0.6) is 0 Å². The van der Waals surface area contributed by atoms with Crippen molar-refractivity contribution < 1.29 is 0 Å². The fourth-order valence-corrected chi connectivity index (χ4v) is 4.04. The number of anilines is 1. The van der Waals surface area contributed by atoms with E-state index in [4.69, 9.17) is 28.3 Å². The second-order valence-corrected chi connectivity index (χ2v) is 6.72. The lowest BCUT2D eigenvalue weighted by atomic mass is 9.99. The lowest BCUT2D eigenvalue weighted by Crippen LogP contribution is -2.06. The first-order valence-electron chi connectivity index (χ1n) is 7.55. The quantitative estimate of drug-likeness (QED) is 0.860. The van der Waals surface area contributed by atoms with Crippen molar-refractivity contribution in [3.63, 3.8) is 0 Å². The molecule has 4 rings (SSSR count). The molecule has 1 aliphatic carbocycles. The third kappa shape index (κ3) is 2.23. The minimum Gasteiger partial charge on any atom is -0.369 e. The van der Waals surface area contributed by atoms with Gasteiger partial charge in [0, 0.05) is 23.0 Å². The second kappa shape index (κ2) is 5.22. The Kier molecular flexibility index (Phi) is 3.35. The van der Waals surface area contributed by atoms with Crippen LogP contribution in [0.3, 0.4) is 0 Å². The van der Waals surface area contributed by atoms with Crippen LogP contribution in [0.2, 0.25) is 10.0 Å². The van der Waals surface area contributed by atoms with E-state index in [0.29, 0.717) is 16.0 Å². The molecule has 21 heavy (non-hydrogen) atoms. The molecule has 1 aromatic heterocycles. The van der Waals surface area contributed by atoms with Crippen molar-refractivity contribution in [3.8, 4) is 5.69 Å². The predicted octanol–water partition coefficient (Wildman–Crippen LogP) is 4.80. The first kappa shape index (κ1) is 13.5. The molecule has 2 heterocycles. The summed E-state index contributed by atoms with van der Waals surface area (Å²) < 4.78 is 1.97. The van der Waals surface area contributed by atoms with Gasteiger partial charge in [-0.05, 0) is 37.5 Å². The zero-order valence-electron chi connectivity index (χ0n) is 11.7. The Bertz CT molecular complexity index is 687. The maximum Gasteiger partial charge on any atom is 0.133 e. The predicted molar refractivity (Wildman–Crippen MR) is 87.0 cm³/mol. The van der Waals surface area contributed by atoms with E-state index in [2.05, 4.69) is 5.32 Å². The van der Waals surface area contributed by atoms with Crippen molar-refractivity contribution in [2.45, 2.75) is 38.0 Å². The second-order valence-electron chi connectivity index (χ2n) is 5.88. The van der Waals surface area contributed by atoms with Crippen molar-refractivity contribution in [2.24, 2.45) is 0 Å². The Labute approximate surface area is 134 Å². The highest BCUT2D eigenvalue weighted by Crippen LogP contribution is 2.40. The van der Waals surface area contributed by atoms with Crippen LogP contribution in [0.25, 0.3) is 5.69 Å². The van der Waals surface area contributed by atoms with Crippen molar-refractivity contribution in [2.75, 3.05) is 11.9 Å². The molecule has 1 fully saturated rings. The monoisotopic (exact) mass is 321 g/mol. The van der Waals surface area contributed by atoms with Crippen molar-refractivity contribution >= 4 is 29.0 Å². The molecule has 1 aliphatic heterocycles. The SMILES string of the molecule is Clc1ccc(-n2nc(C3CCCC3)c3c2NCC3)c(Cl)c1. The zero-order valence-corrected chi connectivity index (χ0v) is 13.2. The van der Waals surface area contributed by atoms with Gasteiger partial charge in [-0.2, -0.15) is 5.10 Å². The standard InChI is InChI=1S/C16H17Cl2N3/c17-11-5-6-14(13(18)9-11)21-16-12(7-8-19-16)15(20-21)10-3-1-2-4-10/h5-6,9-10,19H,1-4,7-8H2. The Morgan fingerprint density at radius 3 is 2.76 bits per heavy atom. The summed E-state index contributed by atoms with van der Waals surface area (Å²) in [4.78, 5) is 0. The fourth-order valence-electron chi connectivity index (χ4n) is 3.56. The molecule has 0 bridgehead atoms. The number of fused-ring (bicyclic) bond motifs is 1. The molecule has 0 atom stereocenters. The molecule has 1 saturated carbocycles. The van der Waals surface area contributed by atoms with Gasteiger partial charge in [-0.3, -0.25) is 0 Å². The van der Waals surface area contributed by atoms with E-state index in [1.54, 1.807) is 6.07 Å². The smallest absolute Gasteiger partial charge is 0.133 e. The molecule has 0 unspecified atom stereocenters. The summed E-state index contributed by atoms with van der Waals surface area (Å²) in [5.41, 5.74) is 3.56. The first-order valence-corrected chi connectivity index (χ1v) is 8.31.